The van der Waals surface area contributed by atoms with E-state index in [1.807, 2.05) is 62.4 Å². The second-order valence-corrected chi connectivity index (χ2v) is 7.83. The zero-order chi connectivity index (χ0) is 22.2. The fourth-order valence-electron chi connectivity index (χ4n) is 4.06. The minimum Gasteiger partial charge on any atom is -0.486 e. The number of anilines is 2. The Morgan fingerprint density at radius 1 is 0.812 bits per heavy atom. The SMILES string of the molecule is Cc1ccc(C2=C(Nc3ccccc3)C(=O)N(c3ccc4c(c3)OCCO4)C2=O)c(C)c1. The molecule has 0 unspecified atom stereocenters. The number of ether oxygens (including phenoxy) is 2. The molecule has 0 radical (unpaired) electrons. The maximum absolute atomic E-state index is 13.7. The normalized spacial score (nSPS) is 15.4. The van der Waals surface area contributed by atoms with Crippen molar-refractivity contribution >= 4 is 28.8 Å². The maximum atomic E-state index is 13.7. The van der Waals surface area contributed by atoms with Gasteiger partial charge in [-0.2, -0.15) is 0 Å². The summed E-state index contributed by atoms with van der Waals surface area (Å²) in [7, 11) is 0. The van der Waals surface area contributed by atoms with Crippen LogP contribution >= 0.6 is 0 Å². The lowest BCUT2D eigenvalue weighted by molar-refractivity contribution is -0.120. The van der Waals surface area contributed by atoms with Crippen LogP contribution < -0.4 is 19.7 Å². The van der Waals surface area contributed by atoms with Gasteiger partial charge in [-0.3, -0.25) is 9.59 Å². The summed E-state index contributed by atoms with van der Waals surface area (Å²) in [6.45, 7) is 4.83. The second kappa shape index (κ2) is 7.89. The van der Waals surface area contributed by atoms with Crippen molar-refractivity contribution in [3.63, 3.8) is 0 Å². The molecule has 6 nitrogen and oxygen atoms in total. The van der Waals surface area contributed by atoms with E-state index >= 15 is 0 Å². The Morgan fingerprint density at radius 3 is 2.31 bits per heavy atom. The topological polar surface area (TPSA) is 67.9 Å². The first-order chi connectivity index (χ1) is 15.5. The Bertz CT molecular complexity index is 1260. The van der Waals surface area contributed by atoms with Gasteiger partial charge in [0.2, 0.25) is 0 Å². The van der Waals surface area contributed by atoms with Gasteiger partial charge in [0.05, 0.1) is 11.3 Å². The number of carbonyl (C=O) groups excluding carboxylic acids is 2. The van der Waals surface area contributed by atoms with Crippen LogP contribution in [0.4, 0.5) is 11.4 Å². The van der Waals surface area contributed by atoms with E-state index in [0.717, 1.165) is 22.4 Å². The van der Waals surface area contributed by atoms with Crippen LogP contribution in [0.3, 0.4) is 0 Å². The van der Waals surface area contributed by atoms with Crippen molar-refractivity contribution in [1.82, 2.24) is 0 Å². The lowest BCUT2D eigenvalue weighted by atomic mass is 9.97. The highest BCUT2D eigenvalue weighted by atomic mass is 16.6. The zero-order valence-corrected chi connectivity index (χ0v) is 17.8. The van der Waals surface area contributed by atoms with Gasteiger partial charge in [-0.15, -0.1) is 0 Å². The molecule has 0 bridgehead atoms. The average Bonchev–Trinajstić information content (AvgIpc) is 3.03. The number of carbonyl (C=O) groups is 2. The van der Waals surface area contributed by atoms with Crippen molar-refractivity contribution in [2.75, 3.05) is 23.4 Å². The van der Waals surface area contributed by atoms with E-state index in [1.165, 1.54) is 4.90 Å². The highest BCUT2D eigenvalue weighted by Crippen LogP contribution is 2.39. The van der Waals surface area contributed by atoms with Gasteiger partial charge in [0.15, 0.2) is 11.5 Å². The molecule has 1 N–H and O–H groups in total. The minimum atomic E-state index is -0.412. The zero-order valence-electron chi connectivity index (χ0n) is 17.8. The number of hydrogen-bond donors (Lipinski definition) is 1. The number of nitrogens with zero attached hydrogens (tertiary/aromatic N) is 1. The van der Waals surface area contributed by atoms with Gasteiger partial charge < -0.3 is 14.8 Å². The average molecular weight is 426 g/mol. The van der Waals surface area contributed by atoms with Crippen molar-refractivity contribution in [2.45, 2.75) is 13.8 Å². The molecule has 3 aromatic carbocycles. The van der Waals surface area contributed by atoms with Crippen LogP contribution in [0.2, 0.25) is 0 Å². The Hall–Kier alpha value is -4.06. The van der Waals surface area contributed by atoms with Gasteiger partial charge in [-0.25, -0.2) is 4.90 Å². The number of imide groups is 1. The lowest BCUT2D eigenvalue weighted by Gasteiger charge is -2.21. The molecule has 0 saturated carbocycles. The van der Waals surface area contributed by atoms with Crippen molar-refractivity contribution in [3.8, 4) is 11.5 Å². The summed E-state index contributed by atoms with van der Waals surface area (Å²) in [6.07, 6.45) is 0. The fraction of sp³-hybridized carbons (Fsp3) is 0.154. The third-order valence-electron chi connectivity index (χ3n) is 5.56. The second-order valence-electron chi connectivity index (χ2n) is 7.83. The molecule has 0 atom stereocenters. The summed E-state index contributed by atoms with van der Waals surface area (Å²) < 4.78 is 11.2. The molecule has 0 saturated heterocycles. The number of nitrogens with one attached hydrogen (secondary N) is 1. The molecular formula is C26H22N2O4. The predicted octanol–water partition coefficient (Wildman–Crippen LogP) is 4.47. The molecule has 160 valence electrons. The molecule has 6 heteroatoms. The Balaban J connectivity index is 1.61. The van der Waals surface area contributed by atoms with Crippen molar-refractivity contribution in [1.29, 1.82) is 0 Å². The summed E-state index contributed by atoms with van der Waals surface area (Å²) >= 11 is 0. The van der Waals surface area contributed by atoms with Crippen LogP contribution in [0.25, 0.3) is 5.57 Å². The molecular weight excluding hydrogens is 404 g/mol. The van der Waals surface area contributed by atoms with E-state index in [9.17, 15) is 9.59 Å². The number of para-hydroxylation sites is 1. The van der Waals surface area contributed by atoms with Crippen molar-refractivity contribution in [2.24, 2.45) is 0 Å². The van der Waals surface area contributed by atoms with Gasteiger partial charge in [-0.05, 0) is 49.2 Å². The Kier molecular flexibility index (Phi) is 4.90. The minimum absolute atomic E-state index is 0.253. The first-order valence-electron chi connectivity index (χ1n) is 10.5. The molecule has 0 fully saturated rings. The molecule has 5 rings (SSSR count). The number of amides is 2. The standard InChI is InChI=1S/C26H22N2O4/c1-16-8-10-20(17(2)14-16)23-24(27-18-6-4-3-5-7-18)26(30)28(25(23)29)19-9-11-21-22(15-19)32-13-12-31-21/h3-11,14-15,27H,12-13H2,1-2H3. The van der Waals surface area contributed by atoms with E-state index in [1.54, 1.807) is 18.2 Å². The molecule has 2 amide bonds. The summed E-state index contributed by atoms with van der Waals surface area (Å²) in [6, 6.07) is 20.3. The third-order valence-corrected chi connectivity index (χ3v) is 5.56. The van der Waals surface area contributed by atoms with Crippen molar-refractivity contribution < 1.29 is 19.1 Å². The first kappa shape index (κ1) is 19.9. The summed E-state index contributed by atoms with van der Waals surface area (Å²) in [5, 5.41) is 3.19. The quantitative estimate of drug-likeness (QED) is 0.624. The van der Waals surface area contributed by atoms with E-state index in [-0.39, 0.29) is 11.6 Å². The largest absolute Gasteiger partial charge is 0.486 e. The third kappa shape index (κ3) is 3.39. The van der Waals surface area contributed by atoms with Crippen LogP contribution in [0, 0.1) is 13.8 Å². The Morgan fingerprint density at radius 2 is 1.56 bits per heavy atom. The smallest absolute Gasteiger partial charge is 0.282 e. The molecule has 2 aliphatic heterocycles. The molecule has 0 spiro atoms. The number of benzene rings is 3. The fourth-order valence-corrected chi connectivity index (χ4v) is 4.06. The van der Waals surface area contributed by atoms with Gasteiger partial charge in [-0.1, -0.05) is 42.0 Å². The van der Waals surface area contributed by atoms with Gasteiger partial charge >= 0.3 is 0 Å². The van der Waals surface area contributed by atoms with E-state index in [4.69, 9.17) is 9.47 Å². The van der Waals surface area contributed by atoms with Gasteiger partial charge in [0.25, 0.3) is 11.8 Å². The predicted molar refractivity (Wildman–Crippen MR) is 123 cm³/mol. The number of rotatable bonds is 4. The van der Waals surface area contributed by atoms with E-state index in [0.29, 0.717) is 36.0 Å². The monoisotopic (exact) mass is 426 g/mol. The summed E-state index contributed by atoms with van der Waals surface area (Å²) in [5.74, 6) is 0.332. The highest BCUT2D eigenvalue weighted by molar-refractivity contribution is 6.46. The van der Waals surface area contributed by atoms with E-state index < -0.39 is 5.91 Å². The van der Waals surface area contributed by atoms with Crippen LogP contribution in [0.1, 0.15) is 16.7 Å². The summed E-state index contributed by atoms with van der Waals surface area (Å²) in [5.41, 5.74) is 4.52. The van der Waals surface area contributed by atoms with Crippen LogP contribution in [0.5, 0.6) is 11.5 Å². The van der Waals surface area contributed by atoms with Gasteiger partial charge in [0, 0.05) is 11.8 Å². The molecule has 2 aliphatic rings. The lowest BCUT2D eigenvalue weighted by Crippen LogP contribution is -2.32. The highest BCUT2D eigenvalue weighted by Gasteiger charge is 2.41. The maximum Gasteiger partial charge on any atom is 0.282 e. The summed E-state index contributed by atoms with van der Waals surface area (Å²) in [4.78, 5) is 28.4. The van der Waals surface area contributed by atoms with Gasteiger partial charge in [0.1, 0.15) is 18.9 Å². The first-order valence-corrected chi connectivity index (χ1v) is 10.5. The Labute approximate surface area is 186 Å². The molecule has 3 aromatic rings. The van der Waals surface area contributed by atoms with Crippen molar-refractivity contribution in [3.05, 3.63) is 89.1 Å². The molecule has 2 heterocycles. The number of hydrogen-bond acceptors (Lipinski definition) is 5. The molecule has 32 heavy (non-hydrogen) atoms. The number of fused-ring (bicyclic) bond motifs is 1. The van der Waals surface area contributed by atoms with Crippen LogP contribution in [-0.2, 0) is 9.59 Å². The van der Waals surface area contributed by atoms with Crippen LogP contribution in [-0.4, -0.2) is 25.0 Å². The van der Waals surface area contributed by atoms with Crippen LogP contribution in [0.15, 0.2) is 72.4 Å². The molecule has 0 aliphatic carbocycles. The van der Waals surface area contributed by atoms with E-state index in [2.05, 4.69) is 5.32 Å². The number of aryl methyl sites for hydroxylation is 2. The molecule has 0 aromatic heterocycles.